The van der Waals surface area contributed by atoms with Crippen molar-refractivity contribution in [3.63, 3.8) is 0 Å². The van der Waals surface area contributed by atoms with Gasteiger partial charge in [0.25, 0.3) is 0 Å². The largest absolute Gasteiger partial charge is 0.390 e. The zero-order chi connectivity index (χ0) is 13.5. The molecule has 0 radical (unpaired) electrons. The summed E-state index contributed by atoms with van der Waals surface area (Å²) in [5.74, 6) is 1.02. The molecule has 1 saturated heterocycles. The van der Waals surface area contributed by atoms with Crippen LogP contribution in [0.5, 0.6) is 0 Å². The van der Waals surface area contributed by atoms with Crippen LogP contribution in [0.4, 0.5) is 0 Å². The first kappa shape index (κ1) is 13.1. The summed E-state index contributed by atoms with van der Waals surface area (Å²) in [6.45, 7) is 4.29. The molecule has 2 nitrogen and oxygen atoms in total. The normalized spacial score (nSPS) is 42.7. The lowest BCUT2D eigenvalue weighted by molar-refractivity contribution is -0.197. The van der Waals surface area contributed by atoms with Gasteiger partial charge in [-0.15, -0.1) is 0 Å². The van der Waals surface area contributed by atoms with Gasteiger partial charge < -0.3 is 9.84 Å². The van der Waals surface area contributed by atoms with E-state index in [1.165, 1.54) is 12.0 Å². The van der Waals surface area contributed by atoms with E-state index < -0.39 is 5.60 Å². The zero-order valence-corrected chi connectivity index (χ0v) is 11.9. The van der Waals surface area contributed by atoms with Gasteiger partial charge in [-0.1, -0.05) is 43.7 Å². The van der Waals surface area contributed by atoms with Crippen molar-refractivity contribution in [2.75, 3.05) is 0 Å². The molecule has 1 unspecified atom stereocenters. The molecule has 2 aliphatic rings. The van der Waals surface area contributed by atoms with Gasteiger partial charge in [0.15, 0.2) is 0 Å². The molecule has 1 saturated carbocycles. The van der Waals surface area contributed by atoms with Gasteiger partial charge in [0, 0.05) is 12.3 Å². The number of benzene rings is 1. The molecule has 2 fully saturated rings. The molecule has 2 heteroatoms. The lowest BCUT2D eigenvalue weighted by Crippen LogP contribution is -2.51. The van der Waals surface area contributed by atoms with Crippen LogP contribution in [-0.4, -0.2) is 16.8 Å². The molecule has 0 aromatic heterocycles. The van der Waals surface area contributed by atoms with Gasteiger partial charge in [0.2, 0.25) is 0 Å². The van der Waals surface area contributed by atoms with E-state index in [1.54, 1.807) is 0 Å². The van der Waals surface area contributed by atoms with Crippen LogP contribution in [0, 0.1) is 11.8 Å². The Morgan fingerprint density at radius 2 is 1.95 bits per heavy atom. The van der Waals surface area contributed by atoms with Crippen LogP contribution in [0.15, 0.2) is 30.3 Å². The maximum Gasteiger partial charge on any atom is 0.0856 e. The summed E-state index contributed by atoms with van der Waals surface area (Å²) in [4.78, 5) is 0. The molecule has 19 heavy (non-hydrogen) atoms. The fraction of sp³-hybridized carbons (Fsp3) is 0.647. The second-order valence-electron chi connectivity index (χ2n) is 6.66. The fourth-order valence-electron chi connectivity index (χ4n) is 3.84. The van der Waals surface area contributed by atoms with Crippen LogP contribution in [0.1, 0.15) is 51.2 Å². The maximum atomic E-state index is 10.8. The molecule has 5 atom stereocenters. The number of rotatable bonds is 1. The second-order valence-corrected chi connectivity index (χ2v) is 6.66. The summed E-state index contributed by atoms with van der Waals surface area (Å²) in [7, 11) is 0. The minimum atomic E-state index is -0.594. The van der Waals surface area contributed by atoms with E-state index >= 15 is 0 Å². The Kier molecular flexibility index (Phi) is 3.40. The summed E-state index contributed by atoms with van der Waals surface area (Å²) in [5, 5.41) is 10.8. The molecule has 0 amide bonds. The Hall–Kier alpha value is -0.860. The third kappa shape index (κ3) is 2.56. The van der Waals surface area contributed by atoms with Gasteiger partial charge in [-0.2, -0.15) is 0 Å². The van der Waals surface area contributed by atoms with Crippen molar-refractivity contribution in [1.82, 2.24) is 0 Å². The molecule has 1 N–H and O–H groups in total. The number of hydrogen-bond acceptors (Lipinski definition) is 2. The van der Waals surface area contributed by atoms with E-state index in [9.17, 15) is 5.11 Å². The molecular weight excluding hydrogens is 236 g/mol. The average Bonchev–Trinajstić information content (AvgIpc) is 2.38. The molecule has 104 valence electrons. The van der Waals surface area contributed by atoms with E-state index in [1.807, 2.05) is 25.1 Å². The van der Waals surface area contributed by atoms with E-state index in [0.717, 1.165) is 12.8 Å². The van der Waals surface area contributed by atoms with Crippen molar-refractivity contribution in [2.45, 2.75) is 57.3 Å². The quantitative estimate of drug-likeness (QED) is 0.834. The van der Waals surface area contributed by atoms with Crippen LogP contribution < -0.4 is 0 Å². The molecule has 0 bridgehead atoms. The predicted octanol–water partition coefficient (Wildman–Crippen LogP) is 3.70. The summed E-state index contributed by atoms with van der Waals surface area (Å²) in [6, 6.07) is 10.3. The second kappa shape index (κ2) is 4.92. The Balaban J connectivity index is 1.83. The van der Waals surface area contributed by atoms with Crippen LogP contribution in [0.2, 0.25) is 0 Å². The molecule has 1 heterocycles. The molecule has 0 spiro atoms. The minimum Gasteiger partial charge on any atom is -0.390 e. The lowest BCUT2D eigenvalue weighted by atomic mass is 9.68. The van der Waals surface area contributed by atoms with E-state index in [4.69, 9.17) is 4.74 Å². The first-order chi connectivity index (χ1) is 9.06. The Morgan fingerprint density at radius 1 is 1.21 bits per heavy atom. The van der Waals surface area contributed by atoms with Gasteiger partial charge >= 0.3 is 0 Å². The fourth-order valence-corrected chi connectivity index (χ4v) is 3.84. The Bertz CT molecular complexity index is 426. The molecule has 1 aliphatic heterocycles. The van der Waals surface area contributed by atoms with Crippen LogP contribution >= 0.6 is 0 Å². The number of ether oxygens (including phenoxy) is 1. The van der Waals surface area contributed by atoms with Crippen molar-refractivity contribution < 1.29 is 9.84 Å². The molecule has 1 aromatic carbocycles. The van der Waals surface area contributed by atoms with E-state index in [0.29, 0.717) is 18.3 Å². The summed E-state index contributed by atoms with van der Waals surface area (Å²) < 4.78 is 6.32. The van der Waals surface area contributed by atoms with Crippen molar-refractivity contribution in [3.05, 3.63) is 35.9 Å². The lowest BCUT2D eigenvalue weighted by Gasteiger charge is -2.49. The number of aliphatic hydroxyl groups is 1. The molecule has 1 aromatic rings. The third-order valence-corrected chi connectivity index (χ3v) is 4.96. The number of fused-ring (bicyclic) bond motifs is 1. The van der Waals surface area contributed by atoms with Crippen molar-refractivity contribution in [1.29, 1.82) is 0 Å². The first-order valence-corrected chi connectivity index (χ1v) is 7.49. The van der Waals surface area contributed by atoms with Gasteiger partial charge in [0.05, 0.1) is 17.8 Å². The number of hydrogen-bond donors (Lipinski definition) is 1. The highest BCUT2D eigenvalue weighted by Crippen LogP contribution is 2.47. The topological polar surface area (TPSA) is 29.5 Å². The van der Waals surface area contributed by atoms with Crippen molar-refractivity contribution in [3.8, 4) is 0 Å². The summed E-state index contributed by atoms with van der Waals surface area (Å²) in [6.07, 6.45) is 4.38. The summed E-state index contributed by atoms with van der Waals surface area (Å²) in [5.41, 5.74) is 0.600. The standard InChI is InChI=1S/C17H24O2/c1-12-8-9-14-15(10-12)19-16(11-17(14,2)18)13-6-4-3-5-7-13/h3-7,12,14-16,18H,8-11H2,1-2H3/t12-,14-,15-,16-,17?/m1/s1. The highest BCUT2D eigenvalue weighted by molar-refractivity contribution is 5.19. The highest BCUT2D eigenvalue weighted by Gasteiger charge is 2.47. The Labute approximate surface area is 115 Å². The van der Waals surface area contributed by atoms with Gasteiger partial charge in [-0.25, -0.2) is 0 Å². The highest BCUT2D eigenvalue weighted by atomic mass is 16.5. The van der Waals surface area contributed by atoms with Gasteiger partial charge in [-0.3, -0.25) is 0 Å². The summed E-state index contributed by atoms with van der Waals surface area (Å²) >= 11 is 0. The van der Waals surface area contributed by atoms with Crippen LogP contribution in [0.25, 0.3) is 0 Å². The van der Waals surface area contributed by atoms with E-state index in [-0.39, 0.29) is 12.2 Å². The average molecular weight is 260 g/mol. The molecular formula is C17H24O2. The van der Waals surface area contributed by atoms with Gasteiger partial charge in [0.1, 0.15) is 0 Å². The SMILES string of the molecule is C[C@@H]1CC[C@@H]2[C@@H](C1)O[C@@H](c1ccccc1)CC2(C)O. The molecule has 3 rings (SSSR count). The van der Waals surface area contributed by atoms with E-state index in [2.05, 4.69) is 19.1 Å². The monoisotopic (exact) mass is 260 g/mol. The van der Waals surface area contributed by atoms with Crippen LogP contribution in [0.3, 0.4) is 0 Å². The zero-order valence-electron chi connectivity index (χ0n) is 11.9. The molecule has 1 aliphatic carbocycles. The minimum absolute atomic E-state index is 0.0442. The predicted molar refractivity (Wildman–Crippen MR) is 75.8 cm³/mol. The van der Waals surface area contributed by atoms with Crippen molar-refractivity contribution in [2.24, 2.45) is 11.8 Å². The smallest absolute Gasteiger partial charge is 0.0856 e. The van der Waals surface area contributed by atoms with Crippen molar-refractivity contribution >= 4 is 0 Å². The maximum absolute atomic E-state index is 10.8. The third-order valence-electron chi connectivity index (χ3n) is 4.96. The van der Waals surface area contributed by atoms with Crippen LogP contribution in [-0.2, 0) is 4.74 Å². The first-order valence-electron chi connectivity index (χ1n) is 7.49. The van der Waals surface area contributed by atoms with Gasteiger partial charge in [-0.05, 0) is 31.2 Å². The Morgan fingerprint density at radius 3 is 2.68 bits per heavy atom.